The molecule has 0 amide bonds. The van der Waals surface area contributed by atoms with Crippen LogP contribution in [-0.4, -0.2) is 69.2 Å². The second kappa shape index (κ2) is 7.20. The molecule has 5 nitrogen and oxygen atoms in total. The molecular weight excluding hydrogens is 274 g/mol. The molecule has 1 aliphatic carbocycles. The Morgan fingerprint density at radius 3 is 2.10 bits per heavy atom. The molecule has 2 fully saturated rings. The Labute approximate surface area is 123 Å². The average Bonchev–Trinajstić information content (AvgIpc) is 2.38. The fraction of sp³-hybridized carbons (Fsp3) is 1.00. The molecule has 2 atom stereocenters. The minimum Gasteiger partial charge on any atom is -0.315 e. The van der Waals surface area contributed by atoms with Crippen molar-refractivity contribution in [2.24, 2.45) is 0 Å². The molecule has 1 heterocycles. The molecule has 0 spiro atoms. The molecule has 1 aliphatic heterocycles. The normalized spacial score (nSPS) is 31.7. The van der Waals surface area contributed by atoms with E-state index in [9.17, 15) is 8.42 Å². The van der Waals surface area contributed by atoms with E-state index in [2.05, 4.69) is 17.3 Å². The Kier molecular flexibility index (Phi) is 5.84. The zero-order chi connectivity index (χ0) is 14.6. The van der Waals surface area contributed by atoms with Crippen molar-refractivity contribution in [1.29, 1.82) is 0 Å². The summed E-state index contributed by atoms with van der Waals surface area (Å²) in [6.07, 6.45) is 9.11. The lowest BCUT2D eigenvalue weighted by Gasteiger charge is -2.42. The molecule has 0 radical (unpaired) electrons. The Hall–Kier alpha value is -0.170. The lowest BCUT2D eigenvalue weighted by atomic mass is 9.91. The molecule has 2 rings (SSSR count). The standard InChI is InChI=1S/C14H29N3O2S/c1-15-13-7-5-3-4-6-8-14(13)16-9-11-17(12-10-16)20(2,18)19/h13-15H,3-12H2,1-2H3. The molecule has 6 heteroatoms. The third-order valence-corrected chi connectivity index (χ3v) is 6.11. The average molecular weight is 303 g/mol. The van der Waals surface area contributed by atoms with Gasteiger partial charge in [-0.3, -0.25) is 4.90 Å². The highest BCUT2D eigenvalue weighted by Crippen LogP contribution is 2.23. The van der Waals surface area contributed by atoms with Gasteiger partial charge >= 0.3 is 0 Å². The van der Waals surface area contributed by atoms with E-state index in [1.54, 1.807) is 4.31 Å². The van der Waals surface area contributed by atoms with E-state index in [1.807, 2.05) is 0 Å². The van der Waals surface area contributed by atoms with Crippen molar-refractivity contribution in [3.8, 4) is 0 Å². The third-order valence-electron chi connectivity index (χ3n) is 4.81. The first kappa shape index (κ1) is 16.2. The molecule has 1 N–H and O–H groups in total. The van der Waals surface area contributed by atoms with Gasteiger partial charge in [-0.1, -0.05) is 25.7 Å². The van der Waals surface area contributed by atoms with Crippen molar-refractivity contribution in [1.82, 2.24) is 14.5 Å². The number of sulfonamides is 1. The Balaban J connectivity index is 1.95. The minimum absolute atomic E-state index is 0.556. The molecule has 0 aromatic carbocycles. The minimum atomic E-state index is -3.02. The molecule has 0 aromatic rings. The van der Waals surface area contributed by atoms with Crippen molar-refractivity contribution in [3.63, 3.8) is 0 Å². The Morgan fingerprint density at radius 1 is 0.950 bits per heavy atom. The molecule has 20 heavy (non-hydrogen) atoms. The lowest BCUT2D eigenvalue weighted by molar-refractivity contribution is 0.0977. The molecule has 0 aromatic heterocycles. The quantitative estimate of drug-likeness (QED) is 0.841. The van der Waals surface area contributed by atoms with Crippen LogP contribution in [0.25, 0.3) is 0 Å². The van der Waals surface area contributed by atoms with Crippen LogP contribution in [-0.2, 0) is 10.0 Å². The second-order valence-corrected chi connectivity index (χ2v) is 8.13. The summed E-state index contributed by atoms with van der Waals surface area (Å²) >= 11 is 0. The van der Waals surface area contributed by atoms with Crippen molar-refractivity contribution in [3.05, 3.63) is 0 Å². The van der Waals surface area contributed by atoms with Gasteiger partial charge < -0.3 is 5.32 Å². The third kappa shape index (κ3) is 4.16. The smallest absolute Gasteiger partial charge is 0.211 e. The SMILES string of the molecule is CNC1CCCCCCC1N1CCN(S(C)(=O)=O)CC1. The van der Waals surface area contributed by atoms with Gasteiger partial charge in [0.2, 0.25) is 10.0 Å². The number of likely N-dealkylation sites (N-methyl/N-ethyl adjacent to an activating group) is 1. The summed E-state index contributed by atoms with van der Waals surface area (Å²) in [5, 5.41) is 3.49. The lowest BCUT2D eigenvalue weighted by Crippen LogP contribution is -2.57. The maximum atomic E-state index is 11.6. The van der Waals surface area contributed by atoms with Gasteiger partial charge in [0, 0.05) is 38.3 Å². The van der Waals surface area contributed by atoms with Gasteiger partial charge in [0.25, 0.3) is 0 Å². The molecule has 2 aliphatic rings. The van der Waals surface area contributed by atoms with Crippen molar-refractivity contribution >= 4 is 10.0 Å². The Bertz CT molecular complexity index is 391. The summed E-state index contributed by atoms with van der Waals surface area (Å²) in [7, 11) is -0.960. The molecule has 1 saturated carbocycles. The summed E-state index contributed by atoms with van der Waals surface area (Å²) in [6, 6.07) is 1.13. The fourth-order valence-electron chi connectivity index (χ4n) is 3.61. The highest BCUT2D eigenvalue weighted by atomic mass is 32.2. The summed E-state index contributed by atoms with van der Waals surface area (Å²) in [6.45, 7) is 3.03. The number of nitrogens with zero attached hydrogens (tertiary/aromatic N) is 2. The van der Waals surface area contributed by atoms with E-state index in [0.717, 1.165) is 13.1 Å². The zero-order valence-corrected chi connectivity index (χ0v) is 13.7. The number of piperazine rings is 1. The van der Waals surface area contributed by atoms with Crippen LogP contribution in [0.1, 0.15) is 38.5 Å². The van der Waals surface area contributed by atoms with Gasteiger partial charge in [-0.25, -0.2) is 8.42 Å². The van der Waals surface area contributed by atoms with Gasteiger partial charge in [0.15, 0.2) is 0 Å². The maximum Gasteiger partial charge on any atom is 0.211 e. The van der Waals surface area contributed by atoms with Crippen molar-refractivity contribution < 1.29 is 8.42 Å². The highest BCUT2D eigenvalue weighted by Gasteiger charge is 2.31. The number of nitrogens with one attached hydrogen (secondary N) is 1. The molecule has 118 valence electrons. The van der Waals surface area contributed by atoms with Crippen LogP contribution >= 0.6 is 0 Å². The fourth-order valence-corrected chi connectivity index (χ4v) is 4.43. The van der Waals surface area contributed by atoms with Gasteiger partial charge in [-0.05, 0) is 19.9 Å². The molecule has 2 unspecified atom stereocenters. The number of rotatable bonds is 3. The van der Waals surface area contributed by atoms with Crippen LogP contribution in [0, 0.1) is 0 Å². The van der Waals surface area contributed by atoms with E-state index < -0.39 is 10.0 Å². The zero-order valence-electron chi connectivity index (χ0n) is 12.8. The van der Waals surface area contributed by atoms with E-state index in [1.165, 1.54) is 44.8 Å². The topological polar surface area (TPSA) is 52.6 Å². The van der Waals surface area contributed by atoms with E-state index in [0.29, 0.717) is 25.2 Å². The predicted octanol–water partition coefficient (Wildman–Crippen LogP) is 0.874. The largest absolute Gasteiger partial charge is 0.315 e. The second-order valence-electron chi connectivity index (χ2n) is 6.15. The maximum absolute atomic E-state index is 11.6. The van der Waals surface area contributed by atoms with Gasteiger partial charge in [-0.2, -0.15) is 4.31 Å². The molecular formula is C14H29N3O2S. The first-order valence-corrected chi connectivity index (χ1v) is 9.73. The molecule has 1 saturated heterocycles. The first-order valence-electron chi connectivity index (χ1n) is 7.89. The number of hydrogen-bond acceptors (Lipinski definition) is 4. The van der Waals surface area contributed by atoms with E-state index in [4.69, 9.17) is 0 Å². The van der Waals surface area contributed by atoms with Crippen molar-refractivity contribution in [2.45, 2.75) is 50.6 Å². The summed E-state index contributed by atoms with van der Waals surface area (Å²) < 4.78 is 24.8. The predicted molar refractivity (Wildman–Crippen MR) is 82.3 cm³/mol. The van der Waals surface area contributed by atoms with Gasteiger partial charge in [0.1, 0.15) is 0 Å². The monoisotopic (exact) mass is 303 g/mol. The first-order chi connectivity index (χ1) is 9.52. The van der Waals surface area contributed by atoms with Crippen molar-refractivity contribution in [2.75, 3.05) is 39.5 Å². The van der Waals surface area contributed by atoms with Crippen LogP contribution < -0.4 is 5.32 Å². The van der Waals surface area contributed by atoms with Crippen LogP contribution in [0.4, 0.5) is 0 Å². The summed E-state index contributed by atoms with van der Waals surface area (Å²) in [4.78, 5) is 2.51. The number of hydrogen-bond donors (Lipinski definition) is 1. The van der Waals surface area contributed by atoms with E-state index >= 15 is 0 Å². The van der Waals surface area contributed by atoms with Gasteiger partial charge in [-0.15, -0.1) is 0 Å². The summed E-state index contributed by atoms with van der Waals surface area (Å²) in [5.74, 6) is 0. The molecule has 0 bridgehead atoms. The van der Waals surface area contributed by atoms with E-state index in [-0.39, 0.29) is 0 Å². The van der Waals surface area contributed by atoms with Crippen LogP contribution in [0.15, 0.2) is 0 Å². The van der Waals surface area contributed by atoms with Crippen LogP contribution in [0.5, 0.6) is 0 Å². The van der Waals surface area contributed by atoms with Gasteiger partial charge in [0.05, 0.1) is 6.26 Å². The Morgan fingerprint density at radius 2 is 1.55 bits per heavy atom. The highest BCUT2D eigenvalue weighted by molar-refractivity contribution is 7.88. The van der Waals surface area contributed by atoms with Crippen LogP contribution in [0.2, 0.25) is 0 Å². The summed E-state index contributed by atoms with van der Waals surface area (Å²) in [5.41, 5.74) is 0. The van der Waals surface area contributed by atoms with Crippen LogP contribution in [0.3, 0.4) is 0 Å².